The van der Waals surface area contributed by atoms with Gasteiger partial charge in [-0.3, -0.25) is 4.79 Å². The van der Waals surface area contributed by atoms with Crippen LogP contribution in [0.5, 0.6) is 11.5 Å². The van der Waals surface area contributed by atoms with Gasteiger partial charge in [0.15, 0.2) is 6.20 Å². The van der Waals surface area contributed by atoms with Crippen LogP contribution in [0.15, 0.2) is 60.9 Å². The molecule has 2 aromatic carbocycles. The Kier molecular flexibility index (Phi) is 5.40. The third-order valence-corrected chi connectivity index (χ3v) is 3.94. The van der Waals surface area contributed by atoms with Crippen LogP contribution in [0, 0.1) is 17.9 Å². The van der Waals surface area contributed by atoms with Gasteiger partial charge in [-0.2, -0.15) is 17.9 Å². The quantitative estimate of drug-likeness (QED) is 0.383. The Morgan fingerprint density at radius 1 is 1.10 bits per heavy atom. The van der Waals surface area contributed by atoms with Gasteiger partial charge in [0.1, 0.15) is 23.0 Å². The average molecular weight is 406 g/mol. The molecule has 1 heterocycles. The topological polar surface area (TPSA) is 65.3 Å². The minimum Gasteiger partial charge on any atom is -0.619 e. The highest BCUT2D eigenvalue weighted by molar-refractivity contribution is 6.06. The molecule has 0 radical (unpaired) electrons. The van der Waals surface area contributed by atoms with Gasteiger partial charge in [-0.15, -0.1) is 0 Å². The lowest BCUT2D eigenvalue weighted by molar-refractivity contribution is -0.604. The van der Waals surface area contributed by atoms with Gasteiger partial charge in [-0.05, 0) is 55.0 Å². The summed E-state index contributed by atoms with van der Waals surface area (Å²) >= 11 is 0. The highest BCUT2D eigenvalue weighted by atomic mass is 19.4. The van der Waals surface area contributed by atoms with E-state index in [9.17, 15) is 27.6 Å². The molecule has 0 aliphatic rings. The normalized spacial score (nSPS) is 11.2. The van der Waals surface area contributed by atoms with Crippen LogP contribution in [-0.4, -0.2) is 5.91 Å². The zero-order valence-electron chi connectivity index (χ0n) is 15.0. The molecular weight excluding hydrogens is 392 g/mol. The molecule has 0 aliphatic carbocycles. The molecule has 0 aliphatic heterocycles. The molecule has 9 heteroatoms. The van der Waals surface area contributed by atoms with Crippen molar-refractivity contribution in [2.75, 3.05) is 5.32 Å². The molecule has 29 heavy (non-hydrogen) atoms. The van der Waals surface area contributed by atoms with Gasteiger partial charge in [-0.1, -0.05) is 0 Å². The Morgan fingerprint density at radius 3 is 2.52 bits per heavy atom. The van der Waals surface area contributed by atoms with E-state index in [0.717, 1.165) is 30.5 Å². The van der Waals surface area contributed by atoms with Crippen LogP contribution in [0.3, 0.4) is 0 Å². The minimum atomic E-state index is -4.65. The van der Waals surface area contributed by atoms with Crippen molar-refractivity contribution in [3.63, 3.8) is 0 Å². The Labute approximate surface area is 162 Å². The number of rotatable bonds is 4. The fourth-order valence-corrected chi connectivity index (χ4v) is 2.54. The number of pyridine rings is 1. The molecule has 0 unspecified atom stereocenters. The van der Waals surface area contributed by atoms with E-state index in [1.54, 1.807) is 0 Å². The molecule has 1 aromatic heterocycles. The van der Waals surface area contributed by atoms with E-state index < -0.39 is 23.5 Å². The third kappa shape index (κ3) is 4.81. The highest BCUT2D eigenvalue weighted by Crippen LogP contribution is 2.36. The maximum absolute atomic E-state index is 13.3. The lowest BCUT2D eigenvalue weighted by Gasteiger charge is -2.15. The molecule has 0 saturated heterocycles. The molecule has 0 bridgehead atoms. The summed E-state index contributed by atoms with van der Waals surface area (Å²) in [6.07, 6.45) is -2.36. The van der Waals surface area contributed by atoms with Gasteiger partial charge in [-0.25, -0.2) is 4.39 Å². The molecule has 3 rings (SSSR count). The summed E-state index contributed by atoms with van der Waals surface area (Å²) in [5.74, 6) is -1.58. The number of nitrogens with one attached hydrogen (secondary N) is 1. The Hall–Kier alpha value is -3.62. The first kappa shape index (κ1) is 20.1. The number of halogens is 4. The number of ether oxygens (including phenoxy) is 1. The maximum Gasteiger partial charge on any atom is 0.416 e. The number of carbonyl (C=O) groups is 1. The fraction of sp³-hybridized carbons (Fsp3) is 0.100. The average Bonchev–Trinajstić information content (AvgIpc) is 2.63. The highest BCUT2D eigenvalue weighted by Gasteiger charge is 2.32. The summed E-state index contributed by atoms with van der Waals surface area (Å²) in [6.45, 7) is 1.52. The SMILES string of the molecule is Cc1cc(F)ccc1Oc1cc(C(F)(F)F)ccc1C(=O)Nc1ccc[n+]([O-])c1. The van der Waals surface area contributed by atoms with Crippen molar-refractivity contribution in [2.45, 2.75) is 13.1 Å². The lowest BCUT2D eigenvalue weighted by Crippen LogP contribution is -2.25. The fourth-order valence-electron chi connectivity index (χ4n) is 2.54. The van der Waals surface area contributed by atoms with Crippen LogP contribution >= 0.6 is 0 Å². The lowest BCUT2D eigenvalue weighted by atomic mass is 10.1. The predicted octanol–water partition coefficient (Wildman–Crippen LogP) is 4.83. The van der Waals surface area contributed by atoms with Gasteiger partial charge >= 0.3 is 6.18 Å². The number of hydrogen-bond acceptors (Lipinski definition) is 3. The largest absolute Gasteiger partial charge is 0.619 e. The van der Waals surface area contributed by atoms with Gasteiger partial charge in [0.05, 0.1) is 11.1 Å². The van der Waals surface area contributed by atoms with Crippen LogP contribution < -0.4 is 14.8 Å². The monoisotopic (exact) mass is 406 g/mol. The number of amides is 1. The summed E-state index contributed by atoms with van der Waals surface area (Å²) in [7, 11) is 0. The van der Waals surface area contributed by atoms with Gasteiger partial charge < -0.3 is 15.3 Å². The number of nitrogens with zero attached hydrogens (tertiary/aromatic N) is 1. The van der Waals surface area contributed by atoms with Crippen molar-refractivity contribution >= 4 is 11.6 Å². The van der Waals surface area contributed by atoms with E-state index in [-0.39, 0.29) is 22.7 Å². The molecule has 0 fully saturated rings. The van der Waals surface area contributed by atoms with Crippen molar-refractivity contribution < 1.29 is 31.8 Å². The van der Waals surface area contributed by atoms with Crippen molar-refractivity contribution in [3.8, 4) is 11.5 Å². The molecule has 5 nitrogen and oxygen atoms in total. The second kappa shape index (κ2) is 7.78. The zero-order chi connectivity index (χ0) is 21.2. The first-order valence-corrected chi connectivity index (χ1v) is 8.29. The van der Waals surface area contributed by atoms with Crippen LogP contribution in [0.1, 0.15) is 21.5 Å². The first-order chi connectivity index (χ1) is 13.6. The zero-order valence-corrected chi connectivity index (χ0v) is 15.0. The van der Waals surface area contributed by atoms with Crippen LogP contribution in [0.4, 0.5) is 23.2 Å². The number of aromatic nitrogens is 1. The van der Waals surface area contributed by atoms with Crippen molar-refractivity contribution in [1.82, 2.24) is 0 Å². The maximum atomic E-state index is 13.3. The minimum absolute atomic E-state index is 0.0943. The molecule has 150 valence electrons. The molecule has 1 N–H and O–H groups in total. The molecule has 0 atom stereocenters. The van der Waals surface area contributed by atoms with E-state index in [0.29, 0.717) is 16.4 Å². The summed E-state index contributed by atoms with van der Waals surface area (Å²) in [6, 6.07) is 8.75. The van der Waals surface area contributed by atoms with Crippen molar-refractivity contribution in [1.29, 1.82) is 0 Å². The number of hydrogen-bond donors (Lipinski definition) is 1. The van der Waals surface area contributed by atoms with Gasteiger partial charge in [0, 0.05) is 6.07 Å². The number of aryl methyl sites for hydroxylation is 1. The van der Waals surface area contributed by atoms with E-state index in [4.69, 9.17) is 4.74 Å². The summed E-state index contributed by atoms with van der Waals surface area (Å²) in [5.41, 5.74) is -0.718. The summed E-state index contributed by atoms with van der Waals surface area (Å²) in [5, 5.41) is 13.7. The van der Waals surface area contributed by atoms with Crippen LogP contribution in [0.2, 0.25) is 0 Å². The Bertz CT molecular complexity index is 1070. The predicted molar refractivity (Wildman–Crippen MR) is 96.0 cm³/mol. The third-order valence-electron chi connectivity index (χ3n) is 3.94. The molecule has 0 spiro atoms. The van der Waals surface area contributed by atoms with Crippen LogP contribution in [0.25, 0.3) is 0 Å². The van der Waals surface area contributed by atoms with E-state index in [1.807, 2.05) is 0 Å². The molecule has 3 aromatic rings. The number of anilines is 1. The Balaban J connectivity index is 2.00. The number of alkyl halides is 3. The summed E-state index contributed by atoms with van der Waals surface area (Å²) < 4.78 is 58.6. The first-order valence-electron chi connectivity index (χ1n) is 8.29. The van der Waals surface area contributed by atoms with Gasteiger partial charge in [0.2, 0.25) is 6.20 Å². The number of benzene rings is 2. The van der Waals surface area contributed by atoms with E-state index in [2.05, 4.69) is 5.32 Å². The second-order valence-electron chi connectivity index (χ2n) is 6.13. The van der Waals surface area contributed by atoms with Crippen LogP contribution in [-0.2, 0) is 6.18 Å². The van der Waals surface area contributed by atoms with Crippen molar-refractivity contribution in [2.24, 2.45) is 0 Å². The van der Waals surface area contributed by atoms with E-state index >= 15 is 0 Å². The van der Waals surface area contributed by atoms with Gasteiger partial charge in [0.25, 0.3) is 5.91 Å². The Morgan fingerprint density at radius 2 is 1.86 bits per heavy atom. The molecular formula is C20H14F4N2O3. The number of carbonyl (C=O) groups excluding carboxylic acids is 1. The standard InChI is InChI=1S/C20H14F4N2O3/c1-12-9-14(21)5-7-17(12)29-18-10-13(20(22,23)24)4-6-16(18)19(27)25-15-3-2-8-26(28)11-15/h2-11H,1H3,(H,25,27). The molecule has 1 amide bonds. The summed E-state index contributed by atoms with van der Waals surface area (Å²) in [4.78, 5) is 12.6. The smallest absolute Gasteiger partial charge is 0.416 e. The second-order valence-corrected chi connectivity index (χ2v) is 6.13. The van der Waals surface area contributed by atoms with Crippen molar-refractivity contribution in [3.05, 3.63) is 88.6 Å². The van der Waals surface area contributed by atoms with E-state index in [1.165, 1.54) is 31.3 Å². The molecule has 0 saturated carbocycles.